The van der Waals surface area contributed by atoms with Crippen LogP contribution in [-0.4, -0.2) is 24.7 Å². The van der Waals surface area contributed by atoms with Crippen molar-refractivity contribution in [3.8, 4) is 0 Å². The van der Waals surface area contributed by atoms with E-state index in [0.29, 0.717) is 6.04 Å². The Labute approximate surface area is 107 Å². The molecule has 17 heavy (non-hydrogen) atoms. The molecular weight excluding hydrogens is 236 g/mol. The van der Waals surface area contributed by atoms with Crippen LogP contribution >= 0.6 is 12.4 Å². The number of hydrogen-bond donors (Lipinski definition) is 1. The van der Waals surface area contributed by atoms with Crippen LogP contribution in [0.25, 0.3) is 10.9 Å². The molecule has 1 fully saturated rings. The highest BCUT2D eigenvalue weighted by Crippen LogP contribution is 2.23. The van der Waals surface area contributed by atoms with Crippen molar-refractivity contribution >= 4 is 23.3 Å². The van der Waals surface area contributed by atoms with E-state index in [9.17, 15) is 0 Å². The smallest absolute Gasteiger partial charge is 0.0705 e. The molecule has 1 saturated heterocycles. The number of benzene rings is 1. The first-order valence-electron chi connectivity index (χ1n) is 5.60. The second-order valence-corrected chi connectivity index (χ2v) is 4.00. The van der Waals surface area contributed by atoms with Gasteiger partial charge in [-0.1, -0.05) is 18.2 Å². The van der Waals surface area contributed by atoms with Crippen LogP contribution in [0.5, 0.6) is 0 Å². The largest absolute Gasteiger partial charge is 0.378 e. The number of halogens is 1. The third-order valence-corrected chi connectivity index (χ3v) is 2.98. The van der Waals surface area contributed by atoms with Gasteiger partial charge in [-0.25, -0.2) is 0 Å². The molecule has 1 atom stereocenters. The number of aromatic nitrogens is 1. The number of ether oxygens (including phenoxy) is 1. The summed E-state index contributed by atoms with van der Waals surface area (Å²) in [5, 5.41) is 4.69. The van der Waals surface area contributed by atoms with Gasteiger partial charge in [0.05, 0.1) is 24.8 Å². The molecule has 0 unspecified atom stereocenters. The Hall–Kier alpha value is -1.16. The van der Waals surface area contributed by atoms with E-state index in [-0.39, 0.29) is 12.4 Å². The van der Waals surface area contributed by atoms with Gasteiger partial charge in [0, 0.05) is 18.1 Å². The molecule has 3 nitrogen and oxygen atoms in total. The van der Waals surface area contributed by atoms with Crippen molar-refractivity contribution in [2.45, 2.75) is 6.04 Å². The maximum atomic E-state index is 5.50. The average molecular weight is 251 g/mol. The van der Waals surface area contributed by atoms with Crippen molar-refractivity contribution in [3.05, 3.63) is 42.1 Å². The lowest BCUT2D eigenvalue weighted by atomic mass is 10.0. The van der Waals surface area contributed by atoms with Crippen LogP contribution in [0.2, 0.25) is 0 Å². The Morgan fingerprint density at radius 2 is 2.12 bits per heavy atom. The summed E-state index contributed by atoms with van der Waals surface area (Å²) in [7, 11) is 0. The standard InChI is InChI=1S/C13H14N2O.ClH/c1-2-4-12-10(3-1)11(5-6-14-12)13-9-16-8-7-15-13;/h1-6,13,15H,7-9H2;1H/t13-;/m0./s1. The number of nitrogens with zero attached hydrogens (tertiary/aromatic N) is 1. The van der Waals surface area contributed by atoms with E-state index < -0.39 is 0 Å². The summed E-state index contributed by atoms with van der Waals surface area (Å²) >= 11 is 0. The maximum Gasteiger partial charge on any atom is 0.0705 e. The van der Waals surface area contributed by atoms with Gasteiger partial charge >= 0.3 is 0 Å². The number of fused-ring (bicyclic) bond motifs is 1. The maximum absolute atomic E-state index is 5.50. The summed E-state index contributed by atoms with van der Waals surface area (Å²) in [5.74, 6) is 0. The molecule has 90 valence electrons. The van der Waals surface area contributed by atoms with Crippen LogP contribution in [0.4, 0.5) is 0 Å². The molecule has 1 aliphatic heterocycles. The summed E-state index contributed by atoms with van der Waals surface area (Å²) in [6.45, 7) is 2.47. The van der Waals surface area contributed by atoms with E-state index in [4.69, 9.17) is 4.74 Å². The van der Waals surface area contributed by atoms with Gasteiger partial charge in [-0.05, 0) is 17.7 Å². The minimum Gasteiger partial charge on any atom is -0.378 e. The first kappa shape index (κ1) is 12.3. The molecule has 1 N–H and O–H groups in total. The number of rotatable bonds is 1. The summed E-state index contributed by atoms with van der Waals surface area (Å²) in [4.78, 5) is 4.37. The van der Waals surface area contributed by atoms with Gasteiger partial charge in [0.1, 0.15) is 0 Å². The summed E-state index contributed by atoms with van der Waals surface area (Å²) in [5.41, 5.74) is 2.33. The predicted molar refractivity (Wildman–Crippen MR) is 70.6 cm³/mol. The topological polar surface area (TPSA) is 34.1 Å². The van der Waals surface area contributed by atoms with E-state index >= 15 is 0 Å². The number of nitrogens with one attached hydrogen (secondary N) is 1. The number of hydrogen-bond acceptors (Lipinski definition) is 3. The normalized spacial score (nSPS) is 19.9. The van der Waals surface area contributed by atoms with Gasteiger partial charge in [-0.3, -0.25) is 4.98 Å². The number of morpholine rings is 1. The number of pyridine rings is 1. The van der Waals surface area contributed by atoms with Crippen LogP contribution in [0, 0.1) is 0 Å². The zero-order valence-corrected chi connectivity index (χ0v) is 10.2. The van der Waals surface area contributed by atoms with Crippen molar-refractivity contribution in [2.24, 2.45) is 0 Å². The second kappa shape index (κ2) is 5.45. The minimum absolute atomic E-state index is 0. The van der Waals surface area contributed by atoms with E-state index in [0.717, 1.165) is 25.3 Å². The summed E-state index contributed by atoms with van der Waals surface area (Å²) < 4.78 is 5.50. The Morgan fingerprint density at radius 1 is 1.24 bits per heavy atom. The lowest BCUT2D eigenvalue weighted by molar-refractivity contribution is 0.0773. The molecule has 3 rings (SSSR count). The van der Waals surface area contributed by atoms with E-state index in [1.165, 1.54) is 10.9 Å². The van der Waals surface area contributed by atoms with Gasteiger partial charge in [0.2, 0.25) is 0 Å². The third-order valence-electron chi connectivity index (χ3n) is 2.98. The van der Waals surface area contributed by atoms with Crippen molar-refractivity contribution < 1.29 is 4.74 Å². The number of para-hydroxylation sites is 1. The molecule has 0 spiro atoms. The van der Waals surface area contributed by atoms with Gasteiger partial charge in [0.25, 0.3) is 0 Å². The molecule has 4 heteroatoms. The molecule has 2 heterocycles. The first-order valence-corrected chi connectivity index (χ1v) is 5.60. The zero-order valence-electron chi connectivity index (χ0n) is 9.43. The molecular formula is C13H15ClN2O. The lowest BCUT2D eigenvalue weighted by Gasteiger charge is -2.25. The van der Waals surface area contributed by atoms with Crippen molar-refractivity contribution in [3.63, 3.8) is 0 Å². The molecule has 0 saturated carbocycles. The predicted octanol–water partition coefficient (Wildman–Crippen LogP) is 2.32. The van der Waals surface area contributed by atoms with Gasteiger partial charge < -0.3 is 10.1 Å². The molecule has 0 aliphatic carbocycles. The van der Waals surface area contributed by atoms with Crippen LogP contribution in [0.15, 0.2) is 36.5 Å². The first-order chi connectivity index (χ1) is 7.95. The van der Waals surface area contributed by atoms with Crippen LogP contribution < -0.4 is 5.32 Å². The lowest BCUT2D eigenvalue weighted by Crippen LogP contribution is -2.34. The Balaban J connectivity index is 0.00000108. The fourth-order valence-corrected chi connectivity index (χ4v) is 2.19. The highest BCUT2D eigenvalue weighted by Gasteiger charge is 2.17. The molecule has 0 bridgehead atoms. The van der Waals surface area contributed by atoms with Crippen LogP contribution in [0.1, 0.15) is 11.6 Å². The monoisotopic (exact) mass is 250 g/mol. The van der Waals surface area contributed by atoms with E-state index in [1.807, 2.05) is 18.3 Å². The Morgan fingerprint density at radius 3 is 2.94 bits per heavy atom. The zero-order chi connectivity index (χ0) is 10.8. The highest BCUT2D eigenvalue weighted by atomic mass is 35.5. The summed E-state index contributed by atoms with van der Waals surface area (Å²) in [6.07, 6.45) is 1.87. The van der Waals surface area contributed by atoms with Crippen molar-refractivity contribution in [1.29, 1.82) is 0 Å². The van der Waals surface area contributed by atoms with Gasteiger partial charge in [-0.2, -0.15) is 0 Å². The third kappa shape index (κ3) is 2.41. The molecule has 1 aromatic heterocycles. The van der Waals surface area contributed by atoms with Crippen LogP contribution in [-0.2, 0) is 4.74 Å². The average Bonchev–Trinajstić information content (AvgIpc) is 2.39. The fraction of sp³-hybridized carbons (Fsp3) is 0.308. The Bertz CT molecular complexity index is 492. The van der Waals surface area contributed by atoms with E-state index in [1.54, 1.807) is 0 Å². The molecule has 1 aromatic carbocycles. The molecule has 0 amide bonds. The Kier molecular flexibility index (Phi) is 3.94. The SMILES string of the molecule is Cl.c1ccc2c([C@@H]3COCCN3)ccnc2c1. The van der Waals surface area contributed by atoms with Crippen molar-refractivity contribution in [2.75, 3.05) is 19.8 Å². The van der Waals surface area contributed by atoms with Crippen LogP contribution in [0.3, 0.4) is 0 Å². The van der Waals surface area contributed by atoms with E-state index in [2.05, 4.69) is 28.5 Å². The van der Waals surface area contributed by atoms with Crippen molar-refractivity contribution in [1.82, 2.24) is 10.3 Å². The van der Waals surface area contributed by atoms with Gasteiger partial charge in [0.15, 0.2) is 0 Å². The molecule has 0 radical (unpaired) electrons. The quantitative estimate of drug-likeness (QED) is 0.844. The minimum atomic E-state index is 0. The molecule has 1 aliphatic rings. The fourth-order valence-electron chi connectivity index (χ4n) is 2.19. The molecule has 2 aromatic rings. The highest BCUT2D eigenvalue weighted by molar-refractivity contribution is 5.85. The van der Waals surface area contributed by atoms with Gasteiger partial charge in [-0.15, -0.1) is 12.4 Å². The summed E-state index contributed by atoms with van der Waals surface area (Å²) in [6, 6.07) is 10.6. The second-order valence-electron chi connectivity index (χ2n) is 4.00.